The van der Waals surface area contributed by atoms with Crippen molar-refractivity contribution in [2.24, 2.45) is 35.5 Å². The Hall–Kier alpha value is -8.50. The quantitative estimate of drug-likeness (QED) is 0.145. The second-order valence-corrected chi connectivity index (χ2v) is 23.0. The summed E-state index contributed by atoms with van der Waals surface area (Å²) in [5.41, 5.74) is 7.91. The van der Waals surface area contributed by atoms with Gasteiger partial charge in [-0.2, -0.15) is 0 Å². The van der Waals surface area contributed by atoms with Crippen molar-refractivity contribution in [1.82, 2.24) is 49.8 Å². The van der Waals surface area contributed by atoms with Gasteiger partial charge in [-0.05, 0) is 108 Å². The Labute approximate surface area is 505 Å². The Morgan fingerprint density at radius 3 is 0.631 bits per heavy atom. The molecule has 12 rings (SSSR count). The van der Waals surface area contributed by atoms with Crippen LogP contribution in [0.2, 0.25) is 0 Å². The van der Waals surface area contributed by atoms with E-state index in [1.807, 2.05) is 170 Å². The molecule has 0 aliphatic heterocycles. The second kappa shape index (κ2) is 46.0. The average molecular weight is 1130 g/mol. The molecule has 84 heavy (non-hydrogen) atoms. The van der Waals surface area contributed by atoms with Gasteiger partial charge in [-0.1, -0.05) is 222 Å². The van der Waals surface area contributed by atoms with Crippen LogP contribution in [-0.4, -0.2) is 49.8 Å². The normalized spacial score (nSPS) is 9.71. The van der Waals surface area contributed by atoms with Crippen LogP contribution < -0.4 is 0 Å². The summed E-state index contributed by atoms with van der Waals surface area (Å²) in [7, 11) is 0. The molecule has 0 radical (unpaired) electrons. The summed E-state index contributed by atoms with van der Waals surface area (Å²) in [5.74, 6) is 5.00. The van der Waals surface area contributed by atoms with Crippen molar-refractivity contribution in [2.75, 3.05) is 0 Å². The van der Waals surface area contributed by atoms with E-state index in [1.165, 1.54) is 10.8 Å². The molecule has 0 fully saturated rings. The lowest BCUT2D eigenvalue weighted by Crippen LogP contribution is -1.78. The molecule has 0 aliphatic carbocycles. The molecular weight excluding hydrogens is 1030 g/mol. The molecule has 0 spiro atoms. The van der Waals surface area contributed by atoms with Crippen molar-refractivity contribution in [3.8, 4) is 0 Å². The minimum absolute atomic E-state index is 0.833. The number of nitrogens with zero attached hydrogens (tertiary/aromatic N) is 10. The summed E-state index contributed by atoms with van der Waals surface area (Å²) < 4.78 is 0. The van der Waals surface area contributed by atoms with E-state index in [0.717, 1.165) is 90.4 Å². The van der Waals surface area contributed by atoms with Gasteiger partial charge < -0.3 is 0 Å². The first kappa shape index (κ1) is 73.5. The van der Waals surface area contributed by atoms with Crippen LogP contribution in [0.4, 0.5) is 0 Å². The molecule has 0 atom stereocenters. The number of benzene rings is 5. The van der Waals surface area contributed by atoms with Crippen LogP contribution in [0.1, 0.15) is 125 Å². The van der Waals surface area contributed by atoms with Gasteiger partial charge in [0.25, 0.3) is 0 Å². The molecule has 5 aromatic carbocycles. The molecule has 7 heterocycles. The number of para-hydroxylation sites is 6. The van der Waals surface area contributed by atoms with E-state index < -0.39 is 0 Å². The number of rotatable bonds is 0. The number of hydrogen-bond acceptors (Lipinski definition) is 10. The van der Waals surface area contributed by atoms with Gasteiger partial charge in [0.2, 0.25) is 0 Å². The Balaban J connectivity index is 0.000000469. The van der Waals surface area contributed by atoms with Crippen LogP contribution >= 0.6 is 0 Å². The lowest BCUT2D eigenvalue weighted by Gasteiger charge is -1.91. The number of fused-ring (bicyclic) bond motifs is 6. The van der Waals surface area contributed by atoms with Crippen molar-refractivity contribution >= 4 is 65.7 Å². The van der Waals surface area contributed by atoms with Crippen LogP contribution in [0.5, 0.6) is 0 Å². The van der Waals surface area contributed by atoms with E-state index in [2.05, 4.69) is 199 Å². The third-order valence-corrected chi connectivity index (χ3v) is 8.60. The maximum atomic E-state index is 4.18. The Morgan fingerprint density at radius 1 is 0.190 bits per heavy atom. The molecule has 0 saturated heterocycles. The van der Waals surface area contributed by atoms with Gasteiger partial charge >= 0.3 is 0 Å². The predicted molar refractivity (Wildman–Crippen MR) is 365 cm³/mol. The first-order valence-electron chi connectivity index (χ1n) is 29.4. The van der Waals surface area contributed by atoms with Gasteiger partial charge in [-0.15, -0.1) is 0 Å². The van der Waals surface area contributed by atoms with Gasteiger partial charge in [-0.25, -0.2) is 19.9 Å². The number of hydrogen-bond donors (Lipinski definition) is 0. The molecule has 7 aromatic heterocycles. The zero-order valence-corrected chi connectivity index (χ0v) is 53.9. The van der Waals surface area contributed by atoms with Gasteiger partial charge in [0, 0.05) is 71.1 Å². The number of aromatic nitrogens is 10. The summed E-state index contributed by atoms with van der Waals surface area (Å²) in [6.45, 7) is 39.0. The highest BCUT2D eigenvalue weighted by atomic mass is 14.8. The number of pyridine rings is 4. The van der Waals surface area contributed by atoms with E-state index in [9.17, 15) is 0 Å². The van der Waals surface area contributed by atoms with Crippen LogP contribution in [0.3, 0.4) is 0 Å². The van der Waals surface area contributed by atoms with Crippen molar-refractivity contribution in [2.45, 2.75) is 125 Å². The Bertz CT molecular complexity index is 2480. The highest BCUT2D eigenvalue weighted by Gasteiger charge is 1.92. The summed E-state index contributed by atoms with van der Waals surface area (Å²) >= 11 is 0. The molecule has 0 N–H and O–H groups in total. The second-order valence-electron chi connectivity index (χ2n) is 23.0. The molecule has 12 aromatic rings. The van der Waals surface area contributed by atoms with E-state index in [0.29, 0.717) is 0 Å². The molecular formula is C74H98N10. The molecule has 0 bridgehead atoms. The first-order valence-corrected chi connectivity index (χ1v) is 29.4. The predicted octanol–water partition coefficient (Wildman–Crippen LogP) is 21.0. The summed E-state index contributed by atoms with van der Waals surface area (Å²) in [6.07, 6.45) is 17.3. The van der Waals surface area contributed by atoms with Crippen LogP contribution in [0.25, 0.3) is 65.7 Å². The smallest absolute Gasteiger partial charge is 0.116 e. The standard InChI is InChI=1S/2C9H7N.4C8H6N2.6C4H10/c2*1-2-6-9-8(4-1)5-3-7-10-9;1-3-7-8(9-5-1)4-2-6-10-7;2*1-2-4-8-7(3-1)5-9-6-10-8;1-2-4-8-7(3-1)9-5-6-10-8;6*1-4(2)3/h2*1-7H;4*1-6H;6*4H,1-3H3. The Morgan fingerprint density at radius 2 is 0.369 bits per heavy atom. The maximum absolute atomic E-state index is 4.18. The maximum Gasteiger partial charge on any atom is 0.116 e. The van der Waals surface area contributed by atoms with Crippen LogP contribution in [0.15, 0.2) is 232 Å². The fourth-order valence-corrected chi connectivity index (χ4v) is 5.69. The molecule has 0 amide bonds. The lowest BCUT2D eigenvalue weighted by molar-refractivity contribution is 0.736. The van der Waals surface area contributed by atoms with Gasteiger partial charge in [0.1, 0.15) is 12.7 Å². The summed E-state index contributed by atoms with van der Waals surface area (Å²) in [6, 6.07) is 55.5. The van der Waals surface area contributed by atoms with Crippen LogP contribution in [-0.2, 0) is 0 Å². The van der Waals surface area contributed by atoms with Crippen molar-refractivity contribution in [3.63, 3.8) is 0 Å². The fraction of sp³-hybridized carbons (Fsp3) is 0.324. The molecule has 0 aliphatic rings. The van der Waals surface area contributed by atoms with E-state index in [-0.39, 0.29) is 0 Å². The SMILES string of the molecule is CC(C)C.CC(C)C.CC(C)C.CC(C)C.CC(C)C.CC(C)C.c1ccc2ncccc2c1.c1ccc2ncccc2c1.c1ccc2nccnc2c1.c1ccc2ncncc2c1.c1ccc2ncncc2c1.c1cnc2cccnc2c1. The molecule has 0 unspecified atom stereocenters. The zero-order valence-electron chi connectivity index (χ0n) is 53.9. The van der Waals surface area contributed by atoms with E-state index >= 15 is 0 Å². The van der Waals surface area contributed by atoms with E-state index in [4.69, 9.17) is 0 Å². The van der Waals surface area contributed by atoms with E-state index in [1.54, 1.807) is 37.4 Å². The third kappa shape index (κ3) is 39.0. The topological polar surface area (TPSA) is 129 Å². The molecule has 444 valence electrons. The van der Waals surface area contributed by atoms with Gasteiger partial charge in [0.15, 0.2) is 0 Å². The van der Waals surface area contributed by atoms with Crippen LogP contribution in [0, 0.1) is 35.5 Å². The third-order valence-electron chi connectivity index (χ3n) is 8.60. The zero-order chi connectivity index (χ0) is 62.3. The van der Waals surface area contributed by atoms with Crippen molar-refractivity contribution in [3.05, 3.63) is 232 Å². The van der Waals surface area contributed by atoms with Gasteiger partial charge in [-0.3, -0.25) is 29.9 Å². The molecule has 0 saturated carbocycles. The van der Waals surface area contributed by atoms with Crippen molar-refractivity contribution in [1.29, 1.82) is 0 Å². The van der Waals surface area contributed by atoms with Crippen molar-refractivity contribution < 1.29 is 0 Å². The van der Waals surface area contributed by atoms with Gasteiger partial charge in [0.05, 0.1) is 44.1 Å². The highest BCUT2D eigenvalue weighted by Crippen LogP contribution is 2.11. The largest absolute Gasteiger partial charge is 0.256 e. The Kier molecular flexibility index (Phi) is 40.3. The molecule has 10 nitrogen and oxygen atoms in total. The fourth-order valence-electron chi connectivity index (χ4n) is 5.69. The minimum atomic E-state index is 0.833. The molecule has 10 heteroatoms. The monoisotopic (exact) mass is 1130 g/mol. The summed E-state index contributed by atoms with van der Waals surface area (Å²) in [5, 5.41) is 4.57. The summed E-state index contributed by atoms with van der Waals surface area (Å²) in [4.78, 5) is 40.8. The minimum Gasteiger partial charge on any atom is -0.256 e. The lowest BCUT2D eigenvalue weighted by atomic mass is 10.2. The highest BCUT2D eigenvalue weighted by molar-refractivity contribution is 5.79. The average Bonchev–Trinajstić information content (AvgIpc) is 3.49. The first-order chi connectivity index (χ1) is 40.2.